The number of benzene rings is 1. The molecule has 0 radical (unpaired) electrons. The number of hydrogen-bond donors (Lipinski definition) is 1. The van der Waals surface area contributed by atoms with Crippen LogP contribution in [0.25, 0.3) is 0 Å². The van der Waals surface area contributed by atoms with Crippen LogP contribution >= 0.6 is 0 Å². The topological polar surface area (TPSA) is 24.5 Å². The molecule has 0 bridgehead atoms. The van der Waals surface area contributed by atoms with E-state index in [1.165, 1.54) is 11.1 Å². The lowest BCUT2D eigenvalue weighted by atomic mass is 10.0. The number of morpholine rings is 1. The van der Waals surface area contributed by atoms with Crippen molar-refractivity contribution in [2.24, 2.45) is 0 Å². The van der Waals surface area contributed by atoms with Gasteiger partial charge in [-0.05, 0) is 39.8 Å². The fourth-order valence-electron chi connectivity index (χ4n) is 3.06. The van der Waals surface area contributed by atoms with Gasteiger partial charge in [0.1, 0.15) is 0 Å². The lowest BCUT2D eigenvalue weighted by molar-refractivity contribution is -0.0685. The smallest absolute Gasteiger partial charge is 0.0678 e. The molecule has 1 aliphatic heterocycles. The standard InChI is InChI=1S/C17H28N2O/c1-13-5-7-16(8-6-13)17(18-4)9-10-19-11-14(2)20-15(3)12-19/h5-8,14-15,17-18H,9-12H2,1-4H3/t14-,15+,17?. The van der Waals surface area contributed by atoms with E-state index >= 15 is 0 Å². The molecule has 1 unspecified atom stereocenters. The minimum absolute atomic E-state index is 0.353. The second-order valence-corrected chi connectivity index (χ2v) is 6.06. The maximum absolute atomic E-state index is 5.79. The van der Waals surface area contributed by atoms with Crippen molar-refractivity contribution in [2.75, 3.05) is 26.7 Å². The van der Waals surface area contributed by atoms with Gasteiger partial charge in [-0.1, -0.05) is 29.8 Å². The summed E-state index contributed by atoms with van der Waals surface area (Å²) in [4.78, 5) is 2.53. The maximum Gasteiger partial charge on any atom is 0.0678 e. The predicted molar refractivity (Wildman–Crippen MR) is 84.0 cm³/mol. The highest BCUT2D eigenvalue weighted by Crippen LogP contribution is 2.19. The van der Waals surface area contributed by atoms with Gasteiger partial charge in [0.2, 0.25) is 0 Å². The lowest BCUT2D eigenvalue weighted by Crippen LogP contribution is -2.46. The van der Waals surface area contributed by atoms with E-state index in [-0.39, 0.29) is 0 Å². The summed E-state index contributed by atoms with van der Waals surface area (Å²) < 4.78 is 5.79. The van der Waals surface area contributed by atoms with Gasteiger partial charge >= 0.3 is 0 Å². The molecule has 1 heterocycles. The van der Waals surface area contributed by atoms with E-state index < -0.39 is 0 Å². The molecule has 0 saturated carbocycles. The first-order chi connectivity index (χ1) is 9.58. The third-order valence-electron chi connectivity index (χ3n) is 4.06. The van der Waals surface area contributed by atoms with E-state index in [9.17, 15) is 0 Å². The van der Waals surface area contributed by atoms with Crippen LogP contribution in [0, 0.1) is 6.92 Å². The Bertz CT molecular complexity index is 394. The average Bonchev–Trinajstić information content (AvgIpc) is 2.40. The Morgan fingerprint density at radius 2 is 1.80 bits per heavy atom. The van der Waals surface area contributed by atoms with Crippen molar-refractivity contribution in [1.82, 2.24) is 10.2 Å². The van der Waals surface area contributed by atoms with Gasteiger partial charge < -0.3 is 10.1 Å². The molecule has 1 N–H and O–H groups in total. The van der Waals surface area contributed by atoms with Crippen LogP contribution in [-0.4, -0.2) is 43.8 Å². The zero-order valence-corrected chi connectivity index (χ0v) is 13.2. The molecule has 3 nitrogen and oxygen atoms in total. The molecule has 1 aromatic carbocycles. The molecule has 112 valence electrons. The van der Waals surface area contributed by atoms with E-state index in [1.807, 2.05) is 0 Å². The van der Waals surface area contributed by atoms with Crippen molar-refractivity contribution in [3.63, 3.8) is 0 Å². The summed E-state index contributed by atoms with van der Waals surface area (Å²) in [6, 6.07) is 9.29. The van der Waals surface area contributed by atoms with Crippen LogP contribution < -0.4 is 5.32 Å². The molecule has 0 amide bonds. The fourth-order valence-corrected chi connectivity index (χ4v) is 3.06. The largest absolute Gasteiger partial charge is 0.373 e. The van der Waals surface area contributed by atoms with E-state index in [2.05, 4.69) is 62.3 Å². The number of nitrogens with zero attached hydrogens (tertiary/aromatic N) is 1. The SMILES string of the molecule is CNC(CCN1C[C@@H](C)O[C@@H](C)C1)c1ccc(C)cc1. The highest BCUT2D eigenvalue weighted by molar-refractivity contribution is 5.24. The molecule has 1 aromatic rings. The molecule has 1 aliphatic rings. The minimum atomic E-state index is 0.353. The highest BCUT2D eigenvalue weighted by Gasteiger charge is 2.22. The number of ether oxygens (including phenoxy) is 1. The first-order valence-electron chi connectivity index (χ1n) is 7.70. The van der Waals surface area contributed by atoms with Crippen LogP contribution in [0.15, 0.2) is 24.3 Å². The average molecular weight is 276 g/mol. The van der Waals surface area contributed by atoms with Gasteiger partial charge in [-0.3, -0.25) is 4.90 Å². The van der Waals surface area contributed by atoms with Crippen LogP contribution in [-0.2, 0) is 4.74 Å². The quantitative estimate of drug-likeness (QED) is 0.895. The molecule has 2 rings (SSSR count). The molecule has 0 aromatic heterocycles. The van der Waals surface area contributed by atoms with Crippen molar-refractivity contribution in [3.8, 4) is 0 Å². The Morgan fingerprint density at radius 1 is 1.20 bits per heavy atom. The van der Waals surface area contributed by atoms with Gasteiger partial charge in [0, 0.05) is 25.7 Å². The molecule has 1 saturated heterocycles. The molecule has 0 spiro atoms. The zero-order chi connectivity index (χ0) is 14.5. The van der Waals surface area contributed by atoms with Crippen LogP contribution in [0.5, 0.6) is 0 Å². The van der Waals surface area contributed by atoms with Gasteiger partial charge in [-0.15, -0.1) is 0 Å². The van der Waals surface area contributed by atoms with Gasteiger partial charge in [-0.25, -0.2) is 0 Å². The zero-order valence-electron chi connectivity index (χ0n) is 13.2. The van der Waals surface area contributed by atoms with Gasteiger partial charge in [0.05, 0.1) is 12.2 Å². The summed E-state index contributed by atoms with van der Waals surface area (Å²) >= 11 is 0. The van der Waals surface area contributed by atoms with E-state index in [0.29, 0.717) is 18.2 Å². The lowest BCUT2D eigenvalue weighted by Gasteiger charge is -2.36. The van der Waals surface area contributed by atoms with E-state index in [1.54, 1.807) is 0 Å². The Kier molecular flexibility index (Phi) is 5.58. The highest BCUT2D eigenvalue weighted by atomic mass is 16.5. The van der Waals surface area contributed by atoms with Crippen molar-refractivity contribution in [2.45, 2.75) is 45.4 Å². The summed E-state index contributed by atoms with van der Waals surface area (Å²) in [6.45, 7) is 9.69. The predicted octanol–water partition coefficient (Wildman–Crippen LogP) is 2.75. The third-order valence-corrected chi connectivity index (χ3v) is 4.06. The summed E-state index contributed by atoms with van der Waals surface area (Å²) in [6.07, 6.45) is 1.84. The van der Waals surface area contributed by atoms with Crippen molar-refractivity contribution in [1.29, 1.82) is 0 Å². The number of aryl methyl sites for hydroxylation is 1. The molecule has 3 atom stereocenters. The van der Waals surface area contributed by atoms with Gasteiger partial charge in [-0.2, -0.15) is 0 Å². The maximum atomic E-state index is 5.79. The summed E-state index contributed by atoms with van der Waals surface area (Å²) in [7, 11) is 2.05. The van der Waals surface area contributed by atoms with Crippen LogP contribution in [0.3, 0.4) is 0 Å². The Hall–Kier alpha value is -0.900. The monoisotopic (exact) mass is 276 g/mol. The number of rotatable bonds is 5. The summed E-state index contributed by atoms with van der Waals surface area (Å²) in [5, 5.41) is 3.44. The van der Waals surface area contributed by atoms with Crippen LogP contribution in [0.2, 0.25) is 0 Å². The normalized spacial score (nSPS) is 25.6. The van der Waals surface area contributed by atoms with E-state index in [4.69, 9.17) is 4.74 Å². The van der Waals surface area contributed by atoms with Crippen molar-refractivity contribution < 1.29 is 4.74 Å². The second-order valence-electron chi connectivity index (χ2n) is 6.06. The number of hydrogen-bond acceptors (Lipinski definition) is 3. The first-order valence-corrected chi connectivity index (χ1v) is 7.70. The molecule has 1 fully saturated rings. The minimum Gasteiger partial charge on any atom is -0.373 e. The first kappa shape index (κ1) is 15.5. The molecule has 3 heteroatoms. The van der Waals surface area contributed by atoms with Gasteiger partial charge in [0.15, 0.2) is 0 Å². The summed E-state index contributed by atoms with van der Waals surface area (Å²) in [5.41, 5.74) is 2.70. The molecular weight excluding hydrogens is 248 g/mol. The van der Waals surface area contributed by atoms with Crippen LogP contribution in [0.1, 0.15) is 37.4 Å². The molecular formula is C17H28N2O. The van der Waals surface area contributed by atoms with Crippen molar-refractivity contribution in [3.05, 3.63) is 35.4 Å². The van der Waals surface area contributed by atoms with Gasteiger partial charge in [0.25, 0.3) is 0 Å². The van der Waals surface area contributed by atoms with E-state index in [0.717, 1.165) is 26.1 Å². The Labute approximate surface area is 123 Å². The fraction of sp³-hybridized carbons (Fsp3) is 0.647. The molecule has 20 heavy (non-hydrogen) atoms. The Morgan fingerprint density at radius 3 is 2.35 bits per heavy atom. The Balaban J connectivity index is 1.89. The summed E-state index contributed by atoms with van der Waals surface area (Å²) in [5.74, 6) is 0. The van der Waals surface area contributed by atoms with Crippen LogP contribution in [0.4, 0.5) is 0 Å². The van der Waals surface area contributed by atoms with Crippen molar-refractivity contribution >= 4 is 0 Å². The second kappa shape index (κ2) is 7.21. The third kappa shape index (κ3) is 4.30. The molecule has 0 aliphatic carbocycles. The number of nitrogens with one attached hydrogen (secondary N) is 1.